The summed E-state index contributed by atoms with van der Waals surface area (Å²) in [4.78, 5) is 22.1. The molecule has 1 unspecified atom stereocenters. The molecule has 3 atom stereocenters. The second-order valence-electron chi connectivity index (χ2n) is 6.73. The minimum Gasteiger partial charge on any atom is -0.371 e. The van der Waals surface area contributed by atoms with Crippen LogP contribution in [0.2, 0.25) is 0 Å². The van der Waals surface area contributed by atoms with Gasteiger partial charge in [-0.1, -0.05) is 12.2 Å². The van der Waals surface area contributed by atoms with Crippen LogP contribution in [-0.2, 0) is 4.79 Å². The van der Waals surface area contributed by atoms with Gasteiger partial charge < -0.3 is 9.69 Å². The van der Waals surface area contributed by atoms with Crippen molar-refractivity contribution >= 4 is 12.0 Å². The third-order valence-electron chi connectivity index (χ3n) is 5.13. The predicted molar refractivity (Wildman–Crippen MR) is 87.8 cm³/mol. The highest BCUT2D eigenvalue weighted by molar-refractivity contribution is 5.62. The Kier molecular flexibility index (Phi) is 4.04. The summed E-state index contributed by atoms with van der Waals surface area (Å²) in [5.74, 6) is 0.703. The summed E-state index contributed by atoms with van der Waals surface area (Å²) in [7, 11) is 1.99. The van der Waals surface area contributed by atoms with Gasteiger partial charge >= 0.3 is 0 Å². The highest BCUT2D eigenvalue weighted by atomic mass is 19.1. The van der Waals surface area contributed by atoms with Crippen molar-refractivity contribution < 1.29 is 9.18 Å². The van der Waals surface area contributed by atoms with Crippen LogP contribution in [0.4, 0.5) is 10.1 Å². The third-order valence-corrected chi connectivity index (χ3v) is 5.13. The zero-order chi connectivity index (χ0) is 16.6. The van der Waals surface area contributed by atoms with Crippen LogP contribution in [0.15, 0.2) is 30.3 Å². The lowest BCUT2D eigenvalue weighted by molar-refractivity contribution is -0.109. The van der Waals surface area contributed by atoms with E-state index < -0.39 is 0 Å². The second kappa shape index (κ2) is 5.87. The molecule has 0 spiro atoms. The number of anilines is 1. The van der Waals surface area contributed by atoms with Crippen LogP contribution in [0.5, 0.6) is 0 Å². The van der Waals surface area contributed by atoms with Crippen LogP contribution < -0.4 is 4.90 Å². The van der Waals surface area contributed by atoms with E-state index in [0.717, 1.165) is 29.9 Å². The molecule has 1 fully saturated rings. The molecule has 0 aliphatic heterocycles. The van der Waals surface area contributed by atoms with Gasteiger partial charge in [0.15, 0.2) is 0 Å². The zero-order valence-corrected chi connectivity index (χ0v) is 13.8. The molecule has 1 heterocycles. The number of hydrogen-bond acceptors (Lipinski definition) is 4. The van der Waals surface area contributed by atoms with Crippen LogP contribution in [0.25, 0.3) is 0 Å². The first-order valence-corrected chi connectivity index (χ1v) is 7.96. The molecule has 3 rings (SSSR count). The average Bonchev–Trinajstić information content (AvgIpc) is 3.21. The monoisotopic (exact) mass is 315 g/mol. The van der Waals surface area contributed by atoms with Gasteiger partial charge in [0.25, 0.3) is 0 Å². The van der Waals surface area contributed by atoms with Gasteiger partial charge in [-0.2, -0.15) is 0 Å². The van der Waals surface area contributed by atoms with Gasteiger partial charge in [-0.25, -0.2) is 14.4 Å². The van der Waals surface area contributed by atoms with E-state index in [0.29, 0.717) is 13.0 Å². The molecule has 0 radical (unpaired) electrons. The predicted octanol–water partition coefficient (Wildman–Crippen LogP) is 3.16. The number of halogens is 1. The van der Waals surface area contributed by atoms with Gasteiger partial charge in [0.2, 0.25) is 0 Å². The normalized spacial score (nSPS) is 29.1. The molecule has 4 nitrogen and oxygen atoms in total. The molecular weight excluding hydrogens is 293 g/mol. The number of aromatic nitrogens is 2. The standard InChI is InChI=1S/C18H22FN3O/c1-12-17(9-20-13(2)21-12)22(3)11-18(8-15(18)10-23)14-5-4-6-16(19)7-14/h4-6,9-10,14-15H,7-8,11H2,1-3H3/t14?,15-,18+/m0/s1. The Labute approximate surface area is 136 Å². The van der Waals surface area contributed by atoms with Crippen molar-refractivity contribution in [2.24, 2.45) is 17.3 Å². The van der Waals surface area contributed by atoms with Gasteiger partial charge in [0.1, 0.15) is 17.9 Å². The highest BCUT2D eigenvalue weighted by Crippen LogP contribution is 2.59. The topological polar surface area (TPSA) is 46.1 Å². The van der Waals surface area contributed by atoms with E-state index >= 15 is 0 Å². The van der Waals surface area contributed by atoms with Crippen molar-refractivity contribution in [1.82, 2.24) is 9.97 Å². The van der Waals surface area contributed by atoms with Crippen LogP contribution in [-0.4, -0.2) is 29.8 Å². The molecule has 0 saturated heterocycles. The fourth-order valence-corrected chi connectivity index (χ4v) is 3.77. The van der Waals surface area contributed by atoms with E-state index in [1.165, 1.54) is 6.08 Å². The second-order valence-corrected chi connectivity index (χ2v) is 6.73. The van der Waals surface area contributed by atoms with E-state index in [1.807, 2.05) is 33.2 Å². The SMILES string of the molecule is Cc1ncc(N(C)C[C@@]2(C3C=CC=C(F)C3)C[C@H]2C=O)c(C)n1. The Morgan fingerprint density at radius 3 is 2.87 bits per heavy atom. The molecule has 0 amide bonds. The number of allylic oxidation sites excluding steroid dienone is 4. The molecule has 2 aliphatic carbocycles. The van der Waals surface area contributed by atoms with Gasteiger partial charge in [-0.05, 0) is 32.3 Å². The first-order valence-electron chi connectivity index (χ1n) is 7.96. The molecular formula is C18H22FN3O. The largest absolute Gasteiger partial charge is 0.371 e. The molecule has 1 aromatic heterocycles. The Morgan fingerprint density at radius 1 is 1.48 bits per heavy atom. The lowest BCUT2D eigenvalue weighted by atomic mass is 9.81. The maximum absolute atomic E-state index is 13.7. The number of nitrogens with zero attached hydrogens (tertiary/aromatic N) is 3. The first-order chi connectivity index (χ1) is 11.0. The molecule has 2 aliphatic rings. The Bertz CT molecular complexity index is 685. The van der Waals surface area contributed by atoms with E-state index in [9.17, 15) is 9.18 Å². The van der Waals surface area contributed by atoms with Gasteiger partial charge in [0.05, 0.1) is 17.6 Å². The summed E-state index contributed by atoms with van der Waals surface area (Å²) in [5.41, 5.74) is 1.70. The lowest BCUT2D eigenvalue weighted by Crippen LogP contribution is -2.34. The van der Waals surface area contributed by atoms with Crippen molar-refractivity contribution in [2.45, 2.75) is 26.7 Å². The van der Waals surface area contributed by atoms with Crippen LogP contribution in [0.3, 0.4) is 0 Å². The van der Waals surface area contributed by atoms with Gasteiger partial charge in [0, 0.05) is 31.3 Å². The molecule has 122 valence electrons. The third kappa shape index (κ3) is 2.92. The number of carbonyl (C=O) groups excluding carboxylic acids is 1. The number of aryl methyl sites for hydroxylation is 2. The maximum Gasteiger partial charge on any atom is 0.125 e. The molecule has 0 aromatic carbocycles. The quantitative estimate of drug-likeness (QED) is 0.783. The summed E-state index contributed by atoms with van der Waals surface area (Å²) in [6.45, 7) is 4.52. The van der Waals surface area contributed by atoms with Gasteiger partial charge in [-0.3, -0.25) is 0 Å². The van der Waals surface area contributed by atoms with Crippen molar-refractivity contribution in [3.63, 3.8) is 0 Å². The summed E-state index contributed by atoms with van der Waals surface area (Å²) in [6.07, 6.45) is 9.36. The average molecular weight is 315 g/mol. The lowest BCUT2D eigenvalue weighted by Gasteiger charge is -2.32. The minimum atomic E-state index is -0.185. The van der Waals surface area contributed by atoms with Crippen LogP contribution >= 0.6 is 0 Å². The molecule has 1 saturated carbocycles. The van der Waals surface area contributed by atoms with E-state index in [2.05, 4.69) is 14.9 Å². The number of hydrogen-bond donors (Lipinski definition) is 0. The Hall–Kier alpha value is -2.04. The molecule has 1 aromatic rings. The molecule has 5 heteroatoms. The summed E-state index contributed by atoms with van der Waals surface area (Å²) in [6, 6.07) is 0. The molecule has 0 bridgehead atoms. The van der Waals surface area contributed by atoms with E-state index in [4.69, 9.17) is 0 Å². The number of carbonyl (C=O) groups is 1. The summed E-state index contributed by atoms with van der Waals surface area (Å²) < 4.78 is 13.7. The molecule has 23 heavy (non-hydrogen) atoms. The highest BCUT2D eigenvalue weighted by Gasteiger charge is 2.58. The summed E-state index contributed by atoms with van der Waals surface area (Å²) in [5, 5.41) is 0. The first kappa shape index (κ1) is 15.8. The Morgan fingerprint density at radius 2 is 2.26 bits per heavy atom. The smallest absolute Gasteiger partial charge is 0.125 e. The maximum atomic E-state index is 13.7. The van der Waals surface area contributed by atoms with Crippen molar-refractivity contribution in [3.05, 3.63) is 41.8 Å². The van der Waals surface area contributed by atoms with Crippen molar-refractivity contribution in [3.8, 4) is 0 Å². The van der Waals surface area contributed by atoms with E-state index in [1.54, 1.807) is 6.08 Å². The number of rotatable bonds is 5. The minimum absolute atomic E-state index is 0.00262. The van der Waals surface area contributed by atoms with Crippen molar-refractivity contribution in [2.75, 3.05) is 18.5 Å². The number of aldehydes is 1. The fourth-order valence-electron chi connectivity index (χ4n) is 3.77. The zero-order valence-electron chi connectivity index (χ0n) is 13.8. The van der Waals surface area contributed by atoms with Crippen LogP contribution in [0.1, 0.15) is 24.4 Å². The van der Waals surface area contributed by atoms with Crippen molar-refractivity contribution in [1.29, 1.82) is 0 Å². The summed E-state index contributed by atoms with van der Waals surface area (Å²) >= 11 is 0. The fraction of sp³-hybridized carbons (Fsp3) is 0.500. The van der Waals surface area contributed by atoms with E-state index in [-0.39, 0.29) is 23.1 Å². The van der Waals surface area contributed by atoms with Crippen LogP contribution in [0, 0.1) is 31.1 Å². The molecule has 0 N–H and O–H groups in total. The van der Waals surface area contributed by atoms with Gasteiger partial charge in [-0.15, -0.1) is 0 Å². The Balaban J connectivity index is 1.82.